The molecule has 1 rings (SSSR count). The Morgan fingerprint density at radius 1 is 1.43 bits per heavy atom. The number of ether oxygens (including phenoxy) is 1. The Morgan fingerprint density at radius 3 is 2.57 bits per heavy atom. The van der Waals surface area contributed by atoms with Crippen LogP contribution in [0.4, 0.5) is 0 Å². The van der Waals surface area contributed by atoms with Crippen LogP contribution in [-0.2, 0) is 4.74 Å². The first-order valence-corrected chi connectivity index (χ1v) is 5.33. The molecular formula is C11H23NO2. The number of hydrogen-bond acceptors (Lipinski definition) is 3. The summed E-state index contributed by atoms with van der Waals surface area (Å²) >= 11 is 0. The van der Waals surface area contributed by atoms with Crippen LogP contribution >= 0.6 is 0 Å². The Morgan fingerprint density at radius 2 is 2.07 bits per heavy atom. The number of nitrogens with zero attached hydrogens (tertiary/aromatic N) is 1. The minimum Gasteiger partial charge on any atom is -0.392 e. The summed E-state index contributed by atoms with van der Waals surface area (Å²) < 4.78 is 5.17. The molecule has 0 aromatic heterocycles. The molecule has 1 fully saturated rings. The lowest BCUT2D eigenvalue weighted by Gasteiger charge is -2.30. The number of β-amino-alcohol motifs (C(OH)–C–C–N with tert-alkyl or cyclic N) is 1. The van der Waals surface area contributed by atoms with Crippen LogP contribution in [-0.4, -0.2) is 49.0 Å². The average molecular weight is 201 g/mol. The lowest BCUT2D eigenvalue weighted by molar-refractivity contribution is 0.0933. The predicted molar refractivity (Wildman–Crippen MR) is 57.3 cm³/mol. The van der Waals surface area contributed by atoms with Crippen LogP contribution < -0.4 is 0 Å². The summed E-state index contributed by atoms with van der Waals surface area (Å²) in [5, 5.41) is 9.60. The molecule has 0 aliphatic carbocycles. The second-order valence-corrected chi connectivity index (χ2v) is 5.49. The maximum absolute atomic E-state index is 9.60. The van der Waals surface area contributed by atoms with Crippen molar-refractivity contribution in [2.75, 3.05) is 26.8 Å². The lowest BCUT2D eigenvalue weighted by atomic mass is 9.96. The van der Waals surface area contributed by atoms with Crippen molar-refractivity contribution in [3.63, 3.8) is 0 Å². The van der Waals surface area contributed by atoms with E-state index in [4.69, 9.17) is 4.74 Å². The van der Waals surface area contributed by atoms with Crippen molar-refractivity contribution >= 4 is 0 Å². The minimum atomic E-state index is -0.169. The molecule has 0 aromatic rings. The summed E-state index contributed by atoms with van der Waals surface area (Å²) in [5.41, 5.74) is 0.288. The van der Waals surface area contributed by atoms with E-state index in [9.17, 15) is 5.11 Å². The van der Waals surface area contributed by atoms with Crippen molar-refractivity contribution in [3.05, 3.63) is 0 Å². The van der Waals surface area contributed by atoms with Crippen molar-refractivity contribution in [2.45, 2.75) is 39.3 Å². The van der Waals surface area contributed by atoms with Gasteiger partial charge in [-0.25, -0.2) is 0 Å². The van der Waals surface area contributed by atoms with Crippen LogP contribution in [0.5, 0.6) is 0 Å². The Bertz CT molecular complexity index is 177. The van der Waals surface area contributed by atoms with E-state index in [0.717, 1.165) is 26.1 Å². The molecule has 3 nitrogen and oxygen atoms in total. The van der Waals surface area contributed by atoms with E-state index in [-0.39, 0.29) is 11.5 Å². The fourth-order valence-corrected chi connectivity index (χ4v) is 2.13. The molecule has 0 saturated carbocycles. The van der Waals surface area contributed by atoms with Crippen LogP contribution in [0.3, 0.4) is 0 Å². The molecule has 2 atom stereocenters. The zero-order valence-electron chi connectivity index (χ0n) is 9.79. The van der Waals surface area contributed by atoms with Gasteiger partial charge in [-0.3, -0.25) is 4.90 Å². The molecule has 0 spiro atoms. The predicted octanol–water partition coefficient (Wildman–Crippen LogP) is 1.11. The van der Waals surface area contributed by atoms with E-state index in [1.54, 1.807) is 7.11 Å². The monoisotopic (exact) mass is 201 g/mol. The Balaban J connectivity index is 2.49. The third-order valence-corrected chi connectivity index (χ3v) is 2.54. The van der Waals surface area contributed by atoms with Crippen molar-refractivity contribution in [2.24, 2.45) is 5.41 Å². The number of aliphatic hydroxyl groups excluding tert-OH is 1. The molecule has 1 aliphatic heterocycles. The highest BCUT2D eigenvalue weighted by Gasteiger charge is 2.32. The highest BCUT2D eigenvalue weighted by Crippen LogP contribution is 2.24. The second-order valence-electron chi connectivity index (χ2n) is 5.49. The third-order valence-electron chi connectivity index (χ3n) is 2.54. The van der Waals surface area contributed by atoms with E-state index in [2.05, 4.69) is 25.7 Å². The first-order valence-electron chi connectivity index (χ1n) is 5.33. The smallest absolute Gasteiger partial charge is 0.0683 e. The Hall–Kier alpha value is -0.120. The van der Waals surface area contributed by atoms with Gasteiger partial charge in [0.1, 0.15) is 0 Å². The highest BCUT2D eigenvalue weighted by atomic mass is 16.5. The SMILES string of the molecule is COC[C@@H]1C[C@@H](O)CN1CC(C)(C)C. The topological polar surface area (TPSA) is 32.7 Å². The van der Waals surface area contributed by atoms with Crippen molar-refractivity contribution in [1.82, 2.24) is 4.90 Å². The summed E-state index contributed by atoms with van der Waals surface area (Å²) in [7, 11) is 1.72. The largest absolute Gasteiger partial charge is 0.392 e. The van der Waals surface area contributed by atoms with E-state index in [1.807, 2.05) is 0 Å². The van der Waals surface area contributed by atoms with Gasteiger partial charge in [-0.15, -0.1) is 0 Å². The molecule has 0 radical (unpaired) electrons. The number of likely N-dealkylation sites (tertiary alicyclic amines) is 1. The van der Waals surface area contributed by atoms with E-state index in [0.29, 0.717) is 6.04 Å². The molecule has 1 N–H and O–H groups in total. The number of methoxy groups -OCH3 is 1. The van der Waals surface area contributed by atoms with Gasteiger partial charge in [-0.05, 0) is 11.8 Å². The van der Waals surface area contributed by atoms with Crippen LogP contribution in [0, 0.1) is 5.41 Å². The van der Waals surface area contributed by atoms with Gasteiger partial charge >= 0.3 is 0 Å². The molecule has 84 valence electrons. The van der Waals surface area contributed by atoms with Gasteiger partial charge in [-0.1, -0.05) is 20.8 Å². The van der Waals surface area contributed by atoms with Crippen molar-refractivity contribution in [3.8, 4) is 0 Å². The van der Waals surface area contributed by atoms with E-state index >= 15 is 0 Å². The van der Waals surface area contributed by atoms with Gasteiger partial charge in [0.05, 0.1) is 12.7 Å². The molecule has 1 saturated heterocycles. The molecule has 1 aliphatic rings. The van der Waals surface area contributed by atoms with Gasteiger partial charge in [0.15, 0.2) is 0 Å². The maximum atomic E-state index is 9.60. The van der Waals surface area contributed by atoms with Crippen molar-refractivity contribution < 1.29 is 9.84 Å². The molecular weight excluding hydrogens is 178 g/mol. The van der Waals surface area contributed by atoms with Crippen LogP contribution in [0.1, 0.15) is 27.2 Å². The van der Waals surface area contributed by atoms with E-state index < -0.39 is 0 Å². The first-order chi connectivity index (χ1) is 6.42. The zero-order chi connectivity index (χ0) is 10.8. The van der Waals surface area contributed by atoms with Crippen molar-refractivity contribution in [1.29, 1.82) is 0 Å². The van der Waals surface area contributed by atoms with Crippen LogP contribution in [0.15, 0.2) is 0 Å². The number of rotatable bonds is 3. The number of aliphatic hydroxyl groups is 1. The summed E-state index contributed by atoms with van der Waals surface area (Å²) in [6, 6.07) is 0.397. The lowest BCUT2D eigenvalue weighted by Crippen LogP contribution is -2.39. The van der Waals surface area contributed by atoms with Crippen LogP contribution in [0.2, 0.25) is 0 Å². The summed E-state index contributed by atoms with van der Waals surface area (Å²) in [6.45, 7) is 9.22. The Labute approximate surface area is 87.1 Å². The van der Waals surface area contributed by atoms with Gasteiger partial charge in [0, 0.05) is 26.2 Å². The third kappa shape index (κ3) is 3.56. The fraction of sp³-hybridized carbons (Fsp3) is 1.00. The van der Waals surface area contributed by atoms with Gasteiger partial charge in [0.25, 0.3) is 0 Å². The van der Waals surface area contributed by atoms with Gasteiger partial charge in [0.2, 0.25) is 0 Å². The van der Waals surface area contributed by atoms with E-state index in [1.165, 1.54) is 0 Å². The number of hydrogen-bond donors (Lipinski definition) is 1. The van der Waals surface area contributed by atoms with Crippen LogP contribution in [0.25, 0.3) is 0 Å². The maximum Gasteiger partial charge on any atom is 0.0683 e. The minimum absolute atomic E-state index is 0.169. The van der Waals surface area contributed by atoms with Gasteiger partial charge < -0.3 is 9.84 Å². The normalized spacial score (nSPS) is 29.8. The quantitative estimate of drug-likeness (QED) is 0.742. The zero-order valence-corrected chi connectivity index (χ0v) is 9.79. The summed E-state index contributed by atoms with van der Waals surface area (Å²) in [6.07, 6.45) is 0.682. The molecule has 1 heterocycles. The Kier molecular flexibility index (Phi) is 3.93. The summed E-state index contributed by atoms with van der Waals surface area (Å²) in [4.78, 5) is 2.34. The fourth-order valence-electron chi connectivity index (χ4n) is 2.13. The average Bonchev–Trinajstić information content (AvgIpc) is 2.28. The molecule has 14 heavy (non-hydrogen) atoms. The molecule has 0 aromatic carbocycles. The first kappa shape index (κ1) is 12.0. The highest BCUT2D eigenvalue weighted by molar-refractivity contribution is 4.87. The second kappa shape index (κ2) is 4.60. The molecule has 0 unspecified atom stereocenters. The standard InChI is InChI=1S/C11H23NO2/c1-11(2,3)8-12-6-10(13)5-9(12)7-14-4/h9-10,13H,5-8H2,1-4H3/t9-,10+/m0/s1. The molecule has 0 amide bonds. The summed E-state index contributed by atoms with van der Waals surface area (Å²) in [5.74, 6) is 0. The van der Waals surface area contributed by atoms with Gasteiger partial charge in [-0.2, -0.15) is 0 Å². The molecule has 0 bridgehead atoms. The molecule has 3 heteroatoms.